The molecule has 0 saturated heterocycles. The van der Waals surface area contributed by atoms with E-state index in [1.54, 1.807) is 12.1 Å². The lowest BCUT2D eigenvalue weighted by molar-refractivity contribution is -0.0124. The molecule has 0 aromatic heterocycles. The Labute approximate surface area is 82.6 Å². The molecular weight excluding hydrogens is 182 g/mol. The van der Waals surface area contributed by atoms with Crippen LogP contribution in [0.25, 0.3) is 0 Å². The Morgan fingerprint density at radius 2 is 2.21 bits per heavy atom. The molecule has 0 fully saturated rings. The van der Waals surface area contributed by atoms with Crippen LogP contribution in [-0.4, -0.2) is 19.9 Å². The summed E-state index contributed by atoms with van der Waals surface area (Å²) in [6.07, 6.45) is 0. The van der Waals surface area contributed by atoms with Crippen LogP contribution in [0.4, 0.5) is 5.69 Å². The lowest BCUT2D eigenvalue weighted by atomic mass is 10.1. The van der Waals surface area contributed by atoms with E-state index in [2.05, 4.69) is 4.74 Å². The fourth-order valence-electron chi connectivity index (χ4n) is 1.05. The molecule has 0 atom stereocenters. The molecule has 0 spiro atoms. The largest absolute Gasteiger partial charge is 0.435 e. The predicted octanol–water partition coefficient (Wildman–Crippen LogP) is 1.34. The van der Waals surface area contributed by atoms with Gasteiger partial charge in [-0.15, -0.1) is 0 Å². The smallest absolute Gasteiger partial charge is 0.342 e. The van der Waals surface area contributed by atoms with E-state index in [1.807, 2.05) is 13.0 Å². The van der Waals surface area contributed by atoms with Crippen molar-refractivity contribution in [1.29, 1.82) is 0 Å². The summed E-state index contributed by atoms with van der Waals surface area (Å²) in [5, 5.41) is 0. The third-order valence-electron chi connectivity index (χ3n) is 1.85. The Morgan fingerprint density at radius 3 is 2.86 bits per heavy atom. The van der Waals surface area contributed by atoms with Crippen molar-refractivity contribution in [3.63, 3.8) is 0 Å². The number of carbonyl (C=O) groups excluding carboxylic acids is 1. The lowest BCUT2D eigenvalue weighted by Crippen LogP contribution is -2.10. The summed E-state index contributed by atoms with van der Waals surface area (Å²) in [6, 6.07) is 5.22. The zero-order valence-electron chi connectivity index (χ0n) is 8.24. The molecule has 0 radical (unpaired) electrons. The predicted molar refractivity (Wildman–Crippen MR) is 52.9 cm³/mol. The van der Waals surface area contributed by atoms with Crippen LogP contribution in [0.15, 0.2) is 18.2 Å². The molecular formula is C10H13NO3. The van der Waals surface area contributed by atoms with Crippen molar-refractivity contribution in [2.24, 2.45) is 0 Å². The second kappa shape index (κ2) is 4.62. The fourth-order valence-corrected chi connectivity index (χ4v) is 1.05. The van der Waals surface area contributed by atoms with Crippen LogP contribution in [0, 0.1) is 6.92 Å². The first kappa shape index (κ1) is 10.5. The Morgan fingerprint density at radius 1 is 1.50 bits per heavy atom. The van der Waals surface area contributed by atoms with Crippen LogP contribution in [0.2, 0.25) is 0 Å². The summed E-state index contributed by atoms with van der Waals surface area (Å²) in [5.74, 6) is -0.465. The minimum absolute atomic E-state index is 0.0633. The fraction of sp³-hybridized carbons (Fsp3) is 0.300. The zero-order chi connectivity index (χ0) is 10.6. The first-order chi connectivity index (χ1) is 6.66. The molecule has 4 nitrogen and oxygen atoms in total. The molecule has 76 valence electrons. The number of nitrogens with two attached hydrogens (primary N) is 1. The van der Waals surface area contributed by atoms with Crippen LogP contribution < -0.4 is 5.73 Å². The van der Waals surface area contributed by atoms with Gasteiger partial charge in [0.05, 0.1) is 5.56 Å². The summed E-state index contributed by atoms with van der Waals surface area (Å²) in [6.45, 7) is 1.77. The number of aryl methyl sites for hydroxylation is 1. The molecule has 0 aliphatic rings. The van der Waals surface area contributed by atoms with E-state index in [1.165, 1.54) is 7.11 Å². The number of benzene rings is 1. The van der Waals surface area contributed by atoms with E-state index in [0.717, 1.165) is 5.56 Å². The van der Waals surface area contributed by atoms with Crippen LogP contribution in [-0.2, 0) is 9.47 Å². The van der Waals surface area contributed by atoms with E-state index in [-0.39, 0.29) is 6.79 Å². The number of esters is 1. The SMILES string of the molecule is COCOC(=O)c1cccc(C)c1N. The van der Waals surface area contributed by atoms with Crippen molar-refractivity contribution in [3.05, 3.63) is 29.3 Å². The molecule has 0 bridgehead atoms. The standard InChI is InChI=1S/C10H13NO3/c1-7-4-3-5-8(9(7)11)10(12)14-6-13-2/h3-5H,6,11H2,1-2H3. The molecule has 2 N–H and O–H groups in total. The van der Waals surface area contributed by atoms with Gasteiger partial charge in [0.25, 0.3) is 0 Å². The minimum atomic E-state index is -0.465. The van der Waals surface area contributed by atoms with Crippen LogP contribution >= 0.6 is 0 Å². The highest BCUT2D eigenvalue weighted by Crippen LogP contribution is 2.17. The maximum absolute atomic E-state index is 11.4. The highest BCUT2D eigenvalue weighted by Gasteiger charge is 2.11. The van der Waals surface area contributed by atoms with Gasteiger partial charge in [0.15, 0.2) is 6.79 Å². The first-order valence-corrected chi connectivity index (χ1v) is 4.18. The van der Waals surface area contributed by atoms with Crippen LogP contribution in [0.1, 0.15) is 15.9 Å². The molecule has 0 aliphatic carbocycles. The number of hydrogen-bond donors (Lipinski definition) is 1. The normalized spacial score (nSPS) is 9.86. The van der Waals surface area contributed by atoms with E-state index < -0.39 is 5.97 Å². The Bertz CT molecular complexity index is 336. The summed E-state index contributed by atoms with van der Waals surface area (Å²) in [5.41, 5.74) is 7.40. The molecule has 0 unspecified atom stereocenters. The maximum Gasteiger partial charge on any atom is 0.342 e. The first-order valence-electron chi connectivity index (χ1n) is 4.18. The second-order valence-corrected chi connectivity index (χ2v) is 2.87. The van der Waals surface area contributed by atoms with Crippen molar-refractivity contribution in [2.45, 2.75) is 6.92 Å². The highest BCUT2D eigenvalue weighted by atomic mass is 16.7. The van der Waals surface area contributed by atoms with Gasteiger partial charge in [-0.05, 0) is 18.6 Å². The number of hydrogen-bond acceptors (Lipinski definition) is 4. The monoisotopic (exact) mass is 195 g/mol. The number of para-hydroxylation sites is 1. The minimum Gasteiger partial charge on any atom is -0.435 e. The van der Waals surface area contributed by atoms with E-state index in [9.17, 15) is 4.79 Å². The molecule has 0 heterocycles. The van der Waals surface area contributed by atoms with E-state index >= 15 is 0 Å². The van der Waals surface area contributed by atoms with Gasteiger partial charge in [-0.2, -0.15) is 0 Å². The average Bonchev–Trinajstić information content (AvgIpc) is 2.18. The van der Waals surface area contributed by atoms with Crippen LogP contribution in [0.3, 0.4) is 0 Å². The molecule has 0 aliphatic heterocycles. The summed E-state index contributed by atoms with van der Waals surface area (Å²) < 4.78 is 9.39. The number of anilines is 1. The van der Waals surface area contributed by atoms with Crippen molar-refractivity contribution in [1.82, 2.24) is 0 Å². The maximum atomic E-state index is 11.4. The molecule has 4 heteroatoms. The lowest BCUT2D eigenvalue weighted by Gasteiger charge is -2.07. The average molecular weight is 195 g/mol. The number of rotatable bonds is 3. The highest BCUT2D eigenvalue weighted by molar-refractivity contribution is 5.95. The van der Waals surface area contributed by atoms with Crippen molar-refractivity contribution >= 4 is 11.7 Å². The van der Waals surface area contributed by atoms with Gasteiger partial charge in [0.2, 0.25) is 0 Å². The Hall–Kier alpha value is -1.55. The molecule has 0 amide bonds. The van der Waals surface area contributed by atoms with E-state index in [0.29, 0.717) is 11.3 Å². The Kier molecular flexibility index (Phi) is 3.48. The second-order valence-electron chi connectivity index (χ2n) is 2.87. The van der Waals surface area contributed by atoms with Crippen molar-refractivity contribution in [3.8, 4) is 0 Å². The van der Waals surface area contributed by atoms with Gasteiger partial charge in [0, 0.05) is 12.8 Å². The topological polar surface area (TPSA) is 61.5 Å². The zero-order valence-corrected chi connectivity index (χ0v) is 8.24. The van der Waals surface area contributed by atoms with Crippen LogP contribution in [0.5, 0.6) is 0 Å². The molecule has 1 aromatic carbocycles. The molecule has 14 heavy (non-hydrogen) atoms. The third kappa shape index (κ3) is 2.23. The summed E-state index contributed by atoms with van der Waals surface area (Å²) >= 11 is 0. The number of methoxy groups -OCH3 is 1. The van der Waals surface area contributed by atoms with Crippen molar-refractivity contribution in [2.75, 3.05) is 19.6 Å². The Balaban J connectivity index is 2.84. The number of carbonyl (C=O) groups is 1. The van der Waals surface area contributed by atoms with Gasteiger partial charge < -0.3 is 15.2 Å². The van der Waals surface area contributed by atoms with Crippen molar-refractivity contribution < 1.29 is 14.3 Å². The van der Waals surface area contributed by atoms with Gasteiger partial charge in [-0.1, -0.05) is 12.1 Å². The summed E-state index contributed by atoms with van der Waals surface area (Å²) in [7, 11) is 1.45. The van der Waals surface area contributed by atoms with Gasteiger partial charge in [-0.3, -0.25) is 0 Å². The van der Waals surface area contributed by atoms with Gasteiger partial charge in [-0.25, -0.2) is 4.79 Å². The number of ether oxygens (including phenoxy) is 2. The molecule has 1 aromatic rings. The van der Waals surface area contributed by atoms with Gasteiger partial charge in [0.1, 0.15) is 0 Å². The number of nitrogen functional groups attached to an aromatic ring is 1. The quantitative estimate of drug-likeness (QED) is 0.449. The van der Waals surface area contributed by atoms with E-state index in [4.69, 9.17) is 10.5 Å². The van der Waals surface area contributed by atoms with Gasteiger partial charge >= 0.3 is 5.97 Å². The summed E-state index contributed by atoms with van der Waals surface area (Å²) in [4.78, 5) is 11.4. The molecule has 1 rings (SSSR count). The third-order valence-corrected chi connectivity index (χ3v) is 1.85. The molecule has 0 saturated carbocycles.